The molecule has 1 fully saturated rings. The first-order valence-corrected chi connectivity index (χ1v) is 9.92. The highest BCUT2D eigenvalue weighted by Crippen LogP contribution is 2.19. The second kappa shape index (κ2) is 8.10. The van der Waals surface area contributed by atoms with Gasteiger partial charge in [0.2, 0.25) is 0 Å². The number of nitrogens with one attached hydrogen (secondary N) is 2. The molecule has 3 heterocycles. The molecule has 28 heavy (non-hydrogen) atoms. The van der Waals surface area contributed by atoms with Gasteiger partial charge in [-0.1, -0.05) is 0 Å². The van der Waals surface area contributed by atoms with E-state index in [9.17, 15) is 4.79 Å². The predicted molar refractivity (Wildman–Crippen MR) is 107 cm³/mol. The van der Waals surface area contributed by atoms with Gasteiger partial charge in [-0.2, -0.15) is 0 Å². The summed E-state index contributed by atoms with van der Waals surface area (Å²) in [7, 11) is 0. The standard InChI is InChI=1S/C20H27N7O/c1-14(2)27-13-24-25-19(27)11-26-7-3-4-15(10-26)9-21-20(28)16-5-6-17-18(8-16)23-12-22-17/h5-6,8,12-15H,3-4,7,9-11H2,1-2H3,(H,21,28)(H,22,23). The minimum absolute atomic E-state index is 0.0341. The van der Waals surface area contributed by atoms with Gasteiger partial charge in [0.25, 0.3) is 5.91 Å². The number of aromatic nitrogens is 5. The van der Waals surface area contributed by atoms with Gasteiger partial charge in [-0.25, -0.2) is 4.98 Å². The summed E-state index contributed by atoms with van der Waals surface area (Å²) in [5.74, 6) is 1.42. The molecule has 2 N–H and O–H groups in total. The molecule has 1 aliphatic rings. The lowest BCUT2D eigenvalue weighted by Crippen LogP contribution is -2.41. The molecule has 2 aromatic heterocycles. The van der Waals surface area contributed by atoms with Gasteiger partial charge in [-0.3, -0.25) is 9.69 Å². The summed E-state index contributed by atoms with van der Waals surface area (Å²) in [6.45, 7) is 7.80. The zero-order valence-corrected chi connectivity index (χ0v) is 16.4. The highest BCUT2D eigenvalue weighted by molar-refractivity contribution is 5.97. The number of carbonyl (C=O) groups is 1. The number of imidazole rings is 1. The lowest BCUT2D eigenvalue weighted by Gasteiger charge is -2.32. The number of likely N-dealkylation sites (tertiary alicyclic amines) is 1. The minimum Gasteiger partial charge on any atom is -0.352 e. The molecule has 148 valence electrons. The number of carbonyl (C=O) groups excluding carboxylic acids is 1. The fourth-order valence-electron chi connectivity index (χ4n) is 3.89. The largest absolute Gasteiger partial charge is 0.352 e. The Bertz CT molecular complexity index is 945. The first-order valence-electron chi connectivity index (χ1n) is 9.92. The third kappa shape index (κ3) is 4.06. The van der Waals surface area contributed by atoms with Gasteiger partial charge in [0.1, 0.15) is 12.2 Å². The van der Waals surface area contributed by atoms with Gasteiger partial charge in [0, 0.05) is 24.7 Å². The van der Waals surface area contributed by atoms with Crippen molar-refractivity contribution in [1.82, 2.24) is 34.9 Å². The van der Waals surface area contributed by atoms with Crippen molar-refractivity contribution >= 4 is 16.9 Å². The van der Waals surface area contributed by atoms with Crippen LogP contribution in [0.25, 0.3) is 11.0 Å². The van der Waals surface area contributed by atoms with E-state index in [1.807, 2.05) is 18.2 Å². The first kappa shape index (κ1) is 18.6. The van der Waals surface area contributed by atoms with Gasteiger partial charge in [0.15, 0.2) is 0 Å². The number of H-pyrrole nitrogens is 1. The summed E-state index contributed by atoms with van der Waals surface area (Å²) in [6, 6.07) is 5.90. The third-order valence-electron chi connectivity index (χ3n) is 5.41. The Hall–Kier alpha value is -2.74. The molecule has 1 amide bonds. The van der Waals surface area contributed by atoms with Crippen molar-refractivity contribution in [3.8, 4) is 0 Å². The van der Waals surface area contributed by atoms with Crippen LogP contribution in [0, 0.1) is 5.92 Å². The Morgan fingerprint density at radius 1 is 1.39 bits per heavy atom. The molecule has 8 nitrogen and oxygen atoms in total. The summed E-state index contributed by atoms with van der Waals surface area (Å²) < 4.78 is 2.12. The minimum atomic E-state index is -0.0341. The van der Waals surface area contributed by atoms with E-state index in [0.717, 1.165) is 49.3 Å². The number of hydrogen-bond acceptors (Lipinski definition) is 5. The van der Waals surface area contributed by atoms with Gasteiger partial charge in [0.05, 0.1) is 23.9 Å². The second-order valence-corrected chi connectivity index (χ2v) is 7.84. The fraction of sp³-hybridized carbons (Fsp3) is 0.500. The number of amides is 1. The molecule has 0 aliphatic carbocycles. The summed E-state index contributed by atoms with van der Waals surface area (Å²) in [6.07, 6.45) is 5.71. The maximum Gasteiger partial charge on any atom is 0.251 e. The SMILES string of the molecule is CC(C)n1cnnc1CN1CCCC(CNC(=O)c2ccc3nc[nH]c3c2)C1. The van der Waals surface area contributed by atoms with E-state index in [0.29, 0.717) is 24.1 Å². The van der Waals surface area contributed by atoms with Crippen LogP contribution in [0.15, 0.2) is 30.9 Å². The molecule has 1 unspecified atom stereocenters. The molecule has 8 heteroatoms. The Kier molecular flexibility index (Phi) is 5.38. The van der Waals surface area contributed by atoms with Crippen molar-refractivity contribution in [2.24, 2.45) is 5.92 Å². The Morgan fingerprint density at radius 2 is 2.29 bits per heavy atom. The van der Waals surface area contributed by atoms with Crippen molar-refractivity contribution in [3.63, 3.8) is 0 Å². The van der Waals surface area contributed by atoms with Crippen molar-refractivity contribution in [1.29, 1.82) is 0 Å². The first-order chi connectivity index (χ1) is 13.6. The number of hydrogen-bond donors (Lipinski definition) is 2. The molecule has 0 bridgehead atoms. The third-order valence-corrected chi connectivity index (χ3v) is 5.41. The van der Waals surface area contributed by atoms with Crippen LogP contribution in [-0.2, 0) is 6.54 Å². The van der Waals surface area contributed by atoms with E-state index in [1.165, 1.54) is 0 Å². The molecule has 1 aromatic carbocycles. The van der Waals surface area contributed by atoms with Crippen LogP contribution < -0.4 is 5.32 Å². The van der Waals surface area contributed by atoms with E-state index in [2.05, 4.69) is 48.8 Å². The quantitative estimate of drug-likeness (QED) is 0.684. The molecule has 0 saturated carbocycles. The Balaban J connectivity index is 1.32. The summed E-state index contributed by atoms with van der Waals surface area (Å²) in [4.78, 5) is 22.2. The molecule has 4 rings (SSSR count). The number of aromatic amines is 1. The number of benzene rings is 1. The predicted octanol–water partition coefficient (Wildman–Crippen LogP) is 2.38. The van der Waals surface area contributed by atoms with Gasteiger partial charge in [-0.05, 0) is 57.4 Å². The maximum absolute atomic E-state index is 12.5. The molecule has 1 atom stereocenters. The average molecular weight is 381 g/mol. The molecular weight excluding hydrogens is 354 g/mol. The van der Waals surface area contributed by atoms with Crippen LogP contribution in [0.1, 0.15) is 48.9 Å². The van der Waals surface area contributed by atoms with Crippen molar-refractivity contribution in [2.75, 3.05) is 19.6 Å². The Morgan fingerprint density at radius 3 is 3.14 bits per heavy atom. The van der Waals surface area contributed by atoms with Gasteiger partial charge in [-0.15, -0.1) is 10.2 Å². The summed E-state index contributed by atoms with van der Waals surface area (Å²) in [5.41, 5.74) is 2.41. The number of nitrogens with zero attached hydrogens (tertiary/aromatic N) is 5. The van der Waals surface area contributed by atoms with E-state index in [-0.39, 0.29) is 5.91 Å². The highest BCUT2D eigenvalue weighted by atomic mass is 16.1. The Labute approximate surface area is 164 Å². The smallest absolute Gasteiger partial charge is 0.251 e. The second-order valence-electron chi connectivity index (χ2n) is 7.84. The monoisotopic (exact) mass is 381 g/mol. The van der Waals surface area contributed by atoms with Crippen LogP contribution in [-0.4, -0.2) is 55.2 Å². The van der Waals surface area contributed by atoms with E-state index in [4.69, 9.17) is 0 Å². The van der Waals surface area contributed by atoms with E-state index >= 15 is 0 Å². The fourth-order valence-corrected chi connectivity index (χ4v) is 3.89. The van der Waals surface area contributed by atoms with E-state index < -0.39 is 0 Å². The van der Waals surface area contributed by atoms with Crippen LogP contribution in [0.5, 0.6) is 0 Å². The zero-order chi connectivity index (χ0) is 19.5. The molecule has 3 aromatic rings. The number of fused-ring (bicyclic) bond motifs is 1. The molecule has 1 saturated heterocycles. The zero-order valence-electron chi connectivity index (χ0n) is 16.4. The van der Waals surface area contributed by atoms with Crippen LogP contribution >= 0.6 is 0 Å². The van der Waals surface area contributed by atoms with Gasteiger partial charge < -0.3 is 14.9 Å². The van der Waals surface area contributed by atoms with Crippen LogP contribution in [0.4, 0.5) is 0 Å². The highest BCUT2D eigenvalue weighted by Gasteiger charge is 2.22. The van der Waals surface area contributed by atoms with Crippen LogP contribution in [0.2, 0.25) is 0 Å². The van der Waals surface area contributed by atoms with Crippen molar-refractivity contribution < 1.29 is 4.79 Å². The van der Waals surface area contributed by atoms with Gasteiger partial charge >= 0.3 is 0 Å². The average Bonchev–Trinajstić information content (AvgIpc) is 3.35. The number of rotatable bonds is 6. The van der Waals surface area contributed by atoms with Crippen LogP contribution in [0.3, 0.4) is 0 Å². The molecule has 0 spiro atoms. The normalized spacial score (nSPS) is 18.0. The summed E-state index contributed by atoms with van der Waals surface area (Å²) in [5, 5.41) is 11.4. The van der Waals surface area contributed by atoms with Crippen molar-refractivity contribution in [2.45, 2.75) is 39.3 Å². The van der Waals surface area contributed by atoms with E-state index in [1.54, 1.807) is 12.7 Å². The molecule has 0 radical (unpaired) electrons. The lowest BCUT2D eigenvalue weighted by molar-refractivity contribution is 0.0929. The number of piperidine rings is 1. The summed E-state index contributed by atoms with van der Waals surface area (Å²) >= 11 is 0. The topological polar surface area (TPSA) is 91.7 Å². The molecular formula is C20H27N7O. The maximum atomic E-state index is 12.5. The molecule has 1 aliphatic heterocycles. The van der Waals surface area contributed by atoms with Crippen molar-refractivity contribution in [3.05, 3.63) is 42.2 Å². The lowest BCUT2D eigenvalue weighted by atomic mass is 9.98.